The van der Waals surface area contributed by atoms with Crippen LogP contribution in [-0.4, -0.2) is 67.9 Å². The monoisotopic (exact) mass is 445 g/mol. The van der Waals surface area contributed by atoms with Crippen molar-refractivity contribution in [1.82, 2.24) is 4.90 Å². The summed E-state index contributed by atoms with van der Waals surface area (Å²) < 4.78 is 58.3. The van der Waals surface area contributed by atoms with Gasteiger partial charge in [-0.05, 0) is 57.4 Å². The van der Waals surface area contributed by atoms with E-state index in [0.717, 1.165) is 25.0 Å². The fourth-order valence-electron chi connectivity index (χ4n) is 4.07. The minimum atomic E-state index is -4.75. The van der Waals surface area contributed by atoms with Gasteiger partial charge >= 0.3 is 6.36 Å². The van der Waals surface area contributed by atoms with E-state index in [2.05, 4.69) is 4.74 Å². The summed E-state index contributed by atoms with van der Waals surface area (Å²) >= 11 is 0. The number of nitrogens with zero attached hydrogens (tertiary/aromatic N) is 1. The molecule has 31 heavy (non-hydrogen) atoms. The lowest BCUT2D eigenvalue weighted by Crippen LogP contribution is -2.52. The summed E-state index contributed by atoms with van der Waals surface area (Å²) in [5, 5.41) is 0. The molecule has 1 aromatic carbocycles. The van der Waals surface area contributed by atoms with Crippen LogP contribution in [0.2, 0.25) is 0 Å². The van der Waals surface area contributed by atoms with Crippen molar-refractivity contribution >= 4 is 5.91 Å². The second-order valence-corrected chi connectivity index (χ2v) is 8.30. The summed E-state index contributed by atoms with van der Waals surface area (Å²) in [5.74, 6) is -0.551. The van der Waals surface area contributed by atoms with E-state index < -0.39 is 6.36 Å². The summed E-state index contributed by atoms with van der Waals surface area (Å²) in [6.45, 7) is 6.79. The molecule has 174 valence electrons. The van der Waals surface area contributed by atoms with Crippen molar-refractivity contribution in [3.8, 4) is 5.75 Å². The van der Waals surface area contributed by atoms with Crippen molar-refractivity contribution in [3.05, 3.63) is 29.8 Å². The number of halogens is 3. The van der Waals surface area contributed by atoms with Crippen LogP contribution in [0.3, 0.4) is 0 Å². The molecular formula is C22H30F3NO5. The molecule has 2 fully saturated rings. The van der Waals surface area contributed by atoms with Crippen molar-refractivity contribution in [3.63, 3.8) is 0 Å². The van der Waals surface area contributed by atoms with Gasteiger partial charge in [-0.3, -0.25) is 4.79 Å². The molecule has 0 aromatic heterocycles. The maximum Gasteiger partial charge on any atom is 0.573 e. The third-order valence-electron chi connectivity index (χ3n) is 5.63. The van der Waals surface area contributed by atoms with Crippen LogP contribution in [0, 0.1) is 0 Å². The molecule has 9 heteroatoms. The Hall–Kier alpha value is -1.84. The van der Waals surface area contributed by atoms with Crippen LogP contribution >= 0.6 is 0 Å². The van der Waals surface area contributed by atoms with E-state index >= 15 is 0 Å². The van der Waals surface area contributed by atoms with Gasteiger partial charge in [0, 0.05) is 31.7 Å². The van der Waals surface area contributed by atoms with Crippen molar-refractivity contribution < 1.29 is 36.9 Å². The topological polar surface area (TPSA) is 57.2 Å². The quantitative estimate of drug-likeness (QED) is 0.590. The maximum atomic E-state index is 12.7. The Labute approximate surface area is 180 Å². The Morgan fingerprint density at radius 2 is 1.87 bits per heavy atom. The van der Waals surface area contributed by atoms with Crippen molar-refractivity contribution in [2.75, 3.05) is 32.9 Å². The number of alkyl halides is 3. The lowest BCUT2D eigenvalue weighted by atomic mass is 9.83. The molecule has 0 radical (unpaired) electrons. The highest BCUT2D eigenvalue weighted by Crippen LogP contribution is 2.36. The van der Waals surface area contributed by atoms with Crippen molar-refractivity contribution in [2.45, 2.75) is 63.7 Å². The fraction of sp³-hybridized carbons (Fsp3) is 0.682. The van der Waals surface area contributed by atoms with Gasteiger partial charge in [0.25, 0.3) is 5.91 Å². The largest absolute Gasteiger partial charge is 0.573 e. The number of rotatable bonds is 7. The summed E-state index contributed by atoms with van der Waals surface area (Å²) in [5.41, 5.74) is 0.0459. The number of ether oxygens (including phenoxy) is 4. The van der Waals surface area contributed by atoms with Gasteiger partial charge in [-0.1, -0.05) is 0 Å². The number of amides is 1. The third-order valence-corrected chi connectivity index (χ3v) is 5.63. The molecule has 0 aliphatic carbocycles. The molecule has 2 aliphatic rings. The van der Waals surface area contributed by atoms with Crippen LogP contribution in [0.4, 0.5) is 13.2 Å². The van der Waals surface area contributed by atoms with Crippen molar-refractivity contribution in [1.29, 1.82) is 0 Å². The summed E-state index contributed by atoms with van der Waals surface area (Å²) in [6.07, 6.45) is -1.41. The highest BCUT2D eigenvalue weighted by molar-refractivity contribution is 5.94. The highest BCUT2D eigenvalue weighted by Gasteiger charge is 2.41. The van der Waals surface area contributed by atoms with Gasteiger partial charge in [0.1, 0.15) is 5.75 Å². The Morgan fingerprint density at radius 3 is 2.48 bits per heavy atom. The van der Waals surface area contributed by atoms with E-state index in [-0.39, 0.29) is 29.5 Å². The molecule has 1 unspecified atom stereocenters. The van der Waals surface area contributed by atoms with E-state index in [0.29, 0.717) is 51.3 Å². The molecule has 1 amide bonds. The average Bonchev–Trinajstić information content (AvgIpc) is 2.71. The van der Waals surface area contributed by atoms with Crippen LogP contribution in [0.1, 0.15) is 49.9 Å². The highest BCUT2D eigenvalue weighted by atomic mass is 19.4. The Kier molecular flexibility index (Phi) is 7.82. The normalized spacial score (nSPS) is 21.5. The van der Waals surface area contributed by atoms with Gasteiger partial charge < -0.3 is 23.8 Å². The molecule has 0 saturated carbocycles. The number of hydrogen-bond acceptors (Lipinski definition) is 5. The number of likely N-dealkylation sites (tertiary alicyclic amines) is 1. The molecule has 1 atom stereocenters. The summed E-state index contributed by atoms with van der Waals surface area (Å²) in [7, 11) is 0. The van der Waals surface area contributed by atoms with Gasteiger partial charge in [0.15, 0.2) is 0 Å². The van der Waals surface area contributed by atoms with Crippen LogP contribution in [0.5, 0.6) is 5.75 Å². The van der Waals surface area contributed by atoms with E-state index in [1.807, 2.05) is 13.8 Å². The van der Waals surface area contributed by atoms with E-state index in [1.165, 1.54) is 12.1 Å². The molecule has 1 aromatic rings. The van der Waals surface area contributed by atoms with Gasteiger partial charge in [-0.2, -0.15) is 0 Å². The predicted molar refractivity (Wildman–Crippen MR) is 107 cm³/mol. The number of hydrogen-bond donors (Lipinski definition) is 0. The third kappa shape index (κ3) is 7.08. The molecule has 2 heterocycles. The molecule has 0 bridgehead atoms. The van der Waals surface area contributed by atoms with E-state index in [4.69, 9.17) is 14.2 Å². The standard InChI is InChI=1S/C22H30F3NO5/c1-16(2)28-13-14-29-19-7-12-30-21(15-19)8-10-26(11-9-21)20(27)17-3-5-18(6-4-17)31-22(23,24)25/h3-6,16,19H,7-15H2,1-2H3. The van der Waals surface area contributed by atoms with Crippen LogP contribution in [0.25, 0.3) is 0 Å². The zero-order chi connectivity index (χ0) is 22.5. The minimum Gasteiger partial charge on any atom is -0.406 e. The smallest absolute Gasteiger partial charge is 0.406 e. The van der Waals surface area contributed by atoms with Crippen LogP contribution in [0.15, 0.2) is 24.3 Å². The molecule has 2 saturated heterocycles. The lowest BCUT2D eigenvalue weighted by Gasteiger charge is -2.46. The predicted octanol–water partition coefficient (Wildman–Crippen LogP) is 4.18. The van der Waals surface area contributed by atoms with Crippen molar-refractivity contribution in [2.24, 2.45) is 0 Å². The summed E-state index contributed by atoms with van der Waals surface area (Å²) in [4.78, 5) is 14.5. The van der Waals surface area contributed by atoms with E-state index in [9.17, 15) is 18.0 Å². The SMILES string of the molecule is CC(C)OCCOC1CCOC2(CCN(C(=O)c3ccc(OC(F)(F)F)cc3)CC2)C1. The fourth-order valence-corrected chi connectivity index (χ4v) is 4.07. The second kappa shape index (κ2) is 10.2. The Bertz CT molecular complexity index is 715. The number of carbonyl (C=O) groups is 1. The first-order chi connectivity index (χ1) is 14.7. The van der Waals surface area contributed by atoms with Crippen LogP contribution in [-0.2, 0) is 14.2 Å². The van der Waals surface area contributed by atoms with E-state index in [1.54, 1.807) is 4.90 Å². The summed E-state index contributed by atoms with van der Waals surface area (Å²) in [6, 6.07) is 5.02. The maximum absolute atomic E-state index is 12.7. The minimum absolute atomic E-state index is 0.118. The zero-order valence-electron chi connectivity index (χ0n) is 18.0. The first kappa shape index (κ1) is 23.8. The average molecular weight is 445 g/mol. The molecule has 6 nitrogen and oxygen atoms in total. The Balaban J connectivity index is 1.48. The first-order valence-corrected chi connectivity index (χ1v) is 10.7. The van der Waals surface area contributed by atoms with Gasteiger partial charge in [-0.25, -0.2) is 0 Å². The molecule has 0 N–H and O–H groups in total. The second-order valence-electron chi connectivity index (χ2n) is 8.30. The van der Waals surface area contributed by atoms with Crippen LogP contribution < -0.4 is 4.74 Å². The molecule has 1 spiro atoms. The molecule has 2 aliphatic heterocycles. The van der Waals surface area contributed by atoms with Gasteiger partial charge in [-0.15, -0.1) is 13.2 Å². The zero-order valence-corrected chi connectivity index (χ0v) is 18.0. The molecule has 3 rings (SSSR count). The number of benzene rings is 1. The first-order valence-electron chi connectivity index (χ1n) is 10.7. The Morgan fingerprint density at radius 1 is 1.19 bits per heavy atom. The molecular weight excluding hydrogens is 415 g/mol. The van der Waals surface area contributed by atoms with Gasteiger partial charge in [0.05, 0.1) is 31.0 Å². The number of piperidine rings is 1. The van der Waals surface area contributed by atoms with Gasteiger partial charge in [0.2, 0.25) is 0 Å². The number of carbonyl (C=O) groups excluding carboxylic acids is 1. The lowest BCUT2D eigenvalue weighted by molar-refractivity contribution is -0.274.